The van der Waals surface area contributed by atoms with Gasteiger partial charge in [0.05, 0.1) is 0 Å². The first-order valence-electron chi connectivity index (χ1n) is 11.1. The summed E-state index contributed by atoms with van der Waals surface area (Å²) in [6.45, 7) is 8.03. The zero-order chi connectivity index (χ0) is 20.5. The van der Waals surface area contributed by atoms with E-state index in [1.165, 1.54) is 5.56 Å². The number of nitrogens with zero attached hydrogens (tertiary/aromatic N) is 2. The molecule has 4 heteroatoms. The van der Waals surface area contributed by atoms with Gasteiger partial charge in [-0.15, -0.1) is 0 Å². The quantitative estimate of drug-likeness (QED) is 0.743. The van der Waals surface area contributed by atoms with Gasteiger partial charge in [0.15, 0.2) is 0 Å². The fourth-order valence-electron chi connectivity index (χ4n) is 5.31. The minimum absolute atomic E-state index is 0.108. The summed E-state index contributed by atoms with van der Waals surface area (Å²) in [6.07, 6.45) is 4.13. The highest BCUT2D eigenvalue weighted by molar-refractivity contribution is 5.94. The van der Waals surface area contributed by atoms with Crippen molar-refractivity contribution in [3.8, 4) is 0 Å². The zero-order valence-corrected chi connectivity index (χ0v) is 17.8. The highest BCUT2D eigenvalue weighted by Gasteiger charge is 2.41. The van der Waals surface area contributed by atoms with Crippen LogP contribution in [0, 0.1) is 11.8 Å². The van der Waals surface area contributed by atoms with Crippen LogP contribution in [0.5, 0.6) is 0 Å². The molecule has 4 rings (SSSR count). The number of benzene rings is 1. The predicted octanol–water partition coefficient (Wildman–Crippen LogP) is 4.65. The van der Waals surface area contributed by atoms with Crippen molar-refractivity contribution in [3.63, 3.8) is 0 Å². The molecule has 2 aliphatic heterocycles. The lowest BCUT2D eigenvalue weighted by molar-refractivity contribution is 0.0519. The number of carbonyl (C=O) groups excluding carboxylic acids is 1. The van der Waals surface area contributed by atoms with Gasteiger partial charge in [-0.1, -0.05) is 45.4 Å². The zero-order valence-electron chi connectivity index (χ0n) is 17.8. The minimum atomic E-state index is 0.108. The molecule has 0 aliphatic carbocycles. The highest BCUT2D eigenvalue weighted by atomic mass is 16.2. The number of hydrogen-bond acceptors (Lipinski definition) is 2. The van der Waals surface area contributed by atoms with E-state index in [0.29, 0.717) is 18.4 Å². The molecule has 0 N–H and O–H groups in total. The van der Waals surface area contributed by atoms with E-state index in [4.69, 9.17) is 0 Å². The second-order valence-corrected chi connectivity index (χ2v) is 9.21. The molecule has 1 aromatic carbocycles. The van der Waals surface area contributed by atoms with Gasteiger partial charge in [-0.2, -0.15) is 0 Å². The lowest BCUT2D eigenvalue weighted by Gasteiger charge is -2.47. The van der Waals surface area contributed by atoms with E-state index in [1.54, 1.807) is 6.07 Å². The number of pyridine rings is 1. The Kier molecular flexibility index (Phi) is 5.62. The van der Waals surface area contributed by atoms with Gasteiger partial charge >= 0.3 is 0 Å². The molecule has 3 atom stereocenters. The maximum atomic E-state index is 13.3. The topological polar surface area (TPSA) is 42.3 Å². The van der Waals surface area contributed by atoms with E-state index >= 15 is 0 Å². The molecular formula is C25H32N2O2. The summed E-state index contributed by atoms with van der Waals surface area (Å²) in [5.41, 5.74) is 3.27. The third-order valence-corrected chi connectivity index (χ3v) is 6.51. The number of piperidine rings is 1. The van der Waals surface area contributed by atoms with Crippen LogP contribution >= 0.6 is 0 Å². The molecule has 29 heavy (non-hydrogen) atoms. The fraction of sp³-hybridized carbons (Fsp3) is 0.520. The molecule has 0 saturated carbocycles. The van der Waals surface area contributed by atoms with Crippen LogP contribution in [-0.2, 0) is 6.42 Å². The van der Waals surface area contributed by atoms with Gasteiger partial charge < -0.3 is 9.47 Å². The fourth-order valence-corrected chi connectivity index (χ4v) is 5.31. The molecule has 0 unspecified atom stereocenters. The van der Waals surface area contributed by atoms with Crippen molar-refractivity contribution in [1.82, 2.24) is 9.47 Å². The van der Waals surface area contributed by atoms with E-state index in [2.05, 4.69) is 39.0 Å². The maximum Gasteiger partial charge on any atom is 0.253 e. The molecule has 3 heterocycles. The van der Waals surface area contributed by atoms with Crippen LogP contribution in [-0.4, -0.2) is 28.5 Å². The summed E-state index contributed by atoms with van der Waals surface area (Å²) in [5.74, 6) is 1.33. The summed E-state index contributed by atoms with van der Waals surface area (Å²) in [5, 5.41) is 0. The summed E-state index contributed by atoms with van der Waals surface area (Å²) < 4.78 is 2.03. The molecule has 0 radical (unpaired) electrons. The Morgan fingerprint density at radius 3 is 2.55 bits per heavy atom. The molecule has 1 amide bonds. The normalized spacial score (nSPS) is 23.2. The SMILES string of the molecule is CCC[C@H]1[C@H]2C[C@H](CN(C(=O)c3ccc(CC(C)C)cc3)C2)c2cccc(=O)n21. The molecule has 2 bridgehead atoms. The number of hydrogen-bond donors (Lipinski definition) is 0. The van der Waals surface area contributed by atoms with E-state index in [1.807, 2.05) is 27.7 Å². The number of likely N-dealkylation sites (tertiary alicyclic amines) is 1. The lowest BCUT2D eigenvalue weighted by Crippen LogP contribution is -2.51. The molecule has 0 spiro atoms. The number of fused-ring (bicyclic) bond motifs is 4. The van der Waals surface area contributed by atoms with Crippen LogP contribution in [0.4, 0.5) is 0 Å². The van der Waals surface area contributed by atoms with Gasteiger partial charge in [0.2, 0.25) is 0 Å². The Balaban J connectivity index is 1.59. The highest BCUT2D eigenvalue weighted by Crippen LogP contribution is 2.43. The summed E-state index contributed by atoms with van der Waals surface area (Å²) in [6, 6.07) is 14.0. The second kappa shape index (κ2) is 8.17. The molecule has 154 valence electrons. The van der Waals surface area contributed by atoms with Crippen molar-refractivity contribution in [1.29, 1.82) is 0 Å². The first kappa shape index (κ1) is 19.9. The first-order valence-corrected chi connectivity index (χ1v) is 11.1. The number of aromatic nitrogens is 1. The van der Waals surface area contributed by atoms with Crippen LogP contribution in [0.25, 0.3) is 0 Å². The predicted molar refractivity (Wildman–Crippen MR) is 116 cm³/mol. The Bertz CT molecular complexity index is 929. The Morgan fingerprint density at radius 1 is 1.10 bits per heavy atom. The molecule has 1 fully saturated rings. The van der Waals surface area contributed by atoms with E-state index in [9.17, 15) is 9.59 Å². The Hall–Kier alpha value is -2.36. The van der Waals surface area contributed by atoms with Crippen molar-refractivity contribution in [2.24, 2.45) is 11.8 Å². The van der Waals surface area contributed by atoms with Crippen molar-refractivity contribution in [2.75, 3.05) is 13.1 Å². The standard InChI is InChI=1S/C25H32N2O2/c1-4-6-22-20-14-21(23-7-5-8-24(28)27(22)23)16-26(15-20)25(29)19-11-9-18(10-12-19)13-17(2)3/h5,7-12,17,20-22H,4,6,13-16H2,1-3H3/t20-,21+,22-/m0/s1. The van der Waals surface area contributed by atoms with Gasteiger partial charge in [0.25, 0.3) is 11.5 Å². The molecule has 2 aromatic rings. The Labute approximate surface area is 173 Å². The number of rotatable bonds is 5. The number of amides is 1. The molecule has 2 aliphatic rings. The van der Waals surface area contributed by atoms with Gasteiger partial charge in [0.1, 0.15) is 0 Å². The van der Waals surface area contributed by atoms with Crippen LogP contribution in [0.3, 0.4) is 0 Å². The summed E-state index contributed by atoms with van der Waals surface area (Å²) in [4.78, 5) is 27.9. The van der Waals surface area contributed by atoms with E-state index in [0.717, 1.165) is 43.5 Å². The third kappa shape index (κ3) is 3.90. The molecular weight excluding hydrogens is 360 g/mol. The smallest absolute Gasteiger partial charge is 0.253 e. The first-order chi connectivity index (χ1) is 14.0. The molecule has 1 saturated heterocycles. The van der Waals surface area contributed by atoms with Gasteiger partial charge in [-0.3, -0.25) is 9.59 Å². The maximum absolute atomic E-state index is 13.3. The third-order valence-electron chi connectivity index (χ3n) is 6.51. The van der Waals surface area contributed by atoms with Crippen LogP contribution in [0.2, 0.25) is 0 Å². The molecule has 1 aromatic heterocycles. The minimum Gasteiger partial charge on any atom is -0.338 e. The van der Waals surface area contributed by atoms with Crippen molar-refractivity contribution < 1.29 is 4.79 Å². The molecule has 4 nitrogen and oxygen atoms in total. The monoisotopic (exact) mass is 392 g/mol. The van der Waals surface area contributed by atoms with Crippen molar-refractivity contribution >= 4 is 5.91 Å². The van der Waals surface area contributed by atoms with Gasteiger partial charge in [0, 0.05) is 42.4 Å². The van der Waals surface area contributed by atoms with Gasteiger partial charge in [-0.05, 0) is 54.9 Å². The summed E-state index contributed by atoms with van der Waals surface area (Å²) >= 11 is 0. The van der Waals surface area contributed by atoms with Crippen molar-refractivity contribution in [3.05, 3.63) is 69.6 Å². The van der Waals surface area contributed by atoms with Gasteiger partial charge in [-0.25, -0.2) is 0 Å². The average Bonchev–Trinajstić information content (AvgIpc) is 2.71. The van der Waals surface area contributed by atoms with E-state index in [-0.39, 0.29) is 23.4 Å². The van der Waals surface area contributed by atoms with E-state index < -0.39 is 0 Å². The average molecular weight is 393 g/mol. The van der Waals surface area contributed by atoms with Crippen LogP contribution in [0.15, 0.2) is 47.3 Å². The van der Waals surface area contributed by atoms with Crippen LogP contribution in [0.1, 0.15) is 73.6 Å². The van der Waals surface area contributed by atoms with Crippen LogP contribution < -0.4 is 5.56 Å². The van der Waals surface area contributed by atoms with Crippen molar-refractivity contribution in [2.45, 2.75) is 58.4 Å². The second-order valence-electron chi connectivity index (χ2n) is 9.21. The lowest BCUT2D eigenvalue weighted by atomic mass is 9.77. The largest absolute Gasteiger partial charge is 0.338 e. The summed E-state index contributed by atoms with van der Waals surface area (Å²) in [7, 11) is 0. The Morgan fingerprint density at radius 2 is 1.86 bits per heavy atom. The number of carbonyl (C=O) groups is 1.